The first-order chi connectivity index (χ1) is 13.1. The molecular formula is C21H32N4O3. The van der Waals surface area contributed by atoms with Crippen molar-refractivity contribution in [2.45, 2.75) is 78.4 Å². The SMILES string of the molecule is CCn1nc(C(C)C)n2cc(C3CCN(C(=O)OC(C)(C)C)CC3)cc2c1=O. The third-order valence-corrected chi connectivity index (χ3v) is 5.20. The van der Waals surface area contributed by atoms with Crippen molar-refractivity contribution in [3.63, 3.8) is 0 Å². The molecule has 1 fully saturated rings. The molecule has 1 amide bonds. The van der Waals surface area contributed by atoms with E-state index in [9.17, 15) is 9.59 Å². The van der Waals surface area contributed by atoms with Crippen molar-refractivity contribution in [3.05, 3.63) is 34.0 Å². The molecule has 0 aliphatic carbocycles. The molecule has 0 saturated carbocycles. The molecule has 0 radical (unpaired) electrons. The number of hydrogen-bond acceptors (Lipinski definition) is 4. The van der Waals surface area contributed by atoms with Crippen LogP contribution in [0.25, 0.3) is 5.52 Å². The van der Waals surface area contributed by atoms with E-state index in [-0.39, 0.29) is 17.6 Å². The highest BCUT2D eigenvalue weighted by Gasteiger charge is 2.28. The normalized spacial score (nSPS) is 16.2. The van der Waals surface area contributed by atoms with Gasteiger partial charge in [0.15, 0.2) is 0 Å². The van der Waals surface area contributed by atoms with Crippen LogP contribution in [0.3, 0.4) is 0 Å². The molecule has 2 aromatic heterocycles. The van der Waals surface area contributed by atoms with Crippen LogP contribution in [0.5, 0.6) is 0 Å². The third-order valence-electron chi connectivity index (χ3n) is 5.20. The van der Waals surface area contributed by atoms with Crippen LogP contribution in [0.4, 0.5) is 4.79 Å². The lowest BCUT2D eigenvalue weighted by Gasteiger charge is -2.33. The minimum Gasteiger partial charge on any atom is -0.444 e. The summed E-state index contributed by atoms with van der Waals surface area (Å²) in [5, 5.41) is 4.54. The van der Waals surface area contributed by atoms with Crippen LogP contribution < -0.4 is 5.56 Å². The maximum atomic E-state index is 12.7. The number of aromatic nitrogens is 3. The highest BCUT2D eigenvalue weighted by atomic mass is 16.6. The Morgan fingerprint density at radius 3 is 2.46 bits per heavy atom. The van der Waals surface area contributed by atoms with E-state index in [1.807, 2.05) is 38.2 Å². The molecule has 1 saturated heterocycles. The molecule has 0 atom stereocenters. The third kappa shape index (κ3) is 4.08. The number of carbonyl (C=O) groups is 1. The first-order valence-electron chi connectivity index (χ1n) is 10.2. The fourth-order valence-corrected chi connectivity index (χ4v) is 3.74. The number of nitrogens with zero attached hydrogens (tertiary/aromatic N) is 4. The smallest absolute Gasteiger partial charge is 0.410 e. The zero-order valence-corrected chi connectivity index (χ0v) is 17.9. The maximum absolute atomic E-state index is 12.7. The summed E-state index contributed by atoms with van der Waals surface area (Å²) >= 11 is 0. The van der Waals surface area contributed by atoms with Gasteiger partial charge < -0.3 is 9.64 Å². The lowest BCUT2D eigenvalue weighted by Crippen LogP contribution is -2.41. The van der Waals surface area contributed by atoms with Crippen LogP contribution in [0.15, 0.2) is 17.1 Å². The number of rotatable bonds is 3. The standard InChI is InChI=1S/C21H32N4O3/c1-7-25-19(26)17-12-16(13-24(17)18(22-25)14(2)3)15-8-10-23(11-9-15)20(27)28-21(4,5)6/h12-15H,7-11H2,1-6H3. The summed E-state index contributed by atoms with van der Waals surface area (Å²) < 4.78 is 8.97. The van der Waals surface area contributed by atoms with Crippen LogP contribution in [0.2, 0.25) is 0 Å². The van der Waals surface area contributed by atoms with Crippen molar-refractivity contribution < 1.29 is 9.53 Å². The predicted molar refractivity (Wildman–Crippen MR) is 109 cm³/mol. The number of piperidine rings is 1. The van der Waals surface area contributed by atoms with Gasteiger partial charge in [0, 0.05) is 31.7 Å². The molecule has 0 N–H and O–H groups in total. The number of amides is 1. The molecule has 7 nitrogen and oxygen atoms in total. The van der Waals surface area contributed by atoms with E-state index in [4.69, 9.17) is 4.74 Å². The van der Waals surface area contributed by atoms with E-state index in [1.54, 1.807) is 9.58 Å². The molecule has 1 aliphatic rings. The Balaban J connectivity index is 1.82. The summed E-state index contributed by atoms with van der Waals surface area (Å²) in [6.07, 6.45) is 3.54. The van der Waals surface area contributed by atoms with Crippen molar-refractivity contribution >= 4 is 11.6 Å². The molecule has 2 aromatic rings. The molecule has 0 spiro atoms. The van der Waals surface area contributed by atoms with E-state index < -0.39 is 5.60 Å². The number of likely N-dealkylation sites (tertiary alicyclic amines) is 1. The molecular weight excluding hydrogens is 356 g/mol. The van der Waals surface area contributed by atoms with E-state index in [2.05, 4.69) is 25.1 Å². The molecule has 0 aromatic carbocycles. The summed E-state index contributed by atoms with van der Waals surface area (Å²) in [7, 11) is 0. The maximum Gasteiger partial charge on any atom is 0.410 e. The van der Waals surface area contributed by atoms with Crippen molar-refractivity contribution in [1.29, 1.82) is 0 Å². The van der Waals surface area contributed by atoms with Gasteiger partial charge in [0.1, 0.15) is 16.9 Å². The molecule has 0 unspecified atom stereocenters. The monoisotopic (exact) mass is 388 g/mol. The highest BCUT2D eigenvalue weighted by Crippen LogP contribution is 2.30. The molecule has 1 aliphatic heterocycles. The first kappa shape index (κ1) is 20.4. The lowest BCUT2D eigenvalue weighted by atomic mass is 9.91. The van der Waals surface area contributed by atoms with Crippen molar-refractivity contribution in [3.8, 4) is 0 Å². The largest absolute Gasteiger partial charge is 0.444 e. The first-order valence-corrected chi connectivity index (χ1v) is 10.2. The molecule has 0 bridgehead atoms. The Kier molecular flexibility index (Phi) is 5.55. The Morgan fingerprint density at radius 1 is 1.29 bits per heavy atom. The number of hydrogen-bond donors (Lipinski definition) is 0. The van der Waals surface area contributed by atoms with Gasteiger partial charge in [0.05, 0.1) is 0 Å². The van der Waals surface area contributed by atoms with Crippen LogP contribution in [0, 0.1) is 0 Å². The Hall–Kier alpha value is -2.31. The molecule has 7 heteroatoms. The van der Waals surface area contributed by atoms with Crippen molar-refractivity contribution in [1.82, 2.24) is 19.1 Å². The zero-order valence-electron chi connectivity index (χ0n) is 17.9. The van der Waals surface area contributed by atoms with Gasteiger partial charge in [-0.15, -0.1) is 0 Å². The van der Waals surface area contributed by atoms with E-state index >= 15 is 0 Å². The molecule has 3 rings (SSSR count). The molecule has 154 valence electrons. The molecule has 28 heavy (non-hydrogen) atoms. The van der Waals surface area contributed by atoms with Gasteiger partial charge in [-0.2, -0.15) is 5.10 Å². The van der Waals surface area contributed by atoms with E-state index in [0.717, 1.165) is 24.2 Å². The van der Waals surface area contributed by atoms with Gasteiger partial charge in [-0.05, 0) is 58.1 Å². The Bertz CT molecular complexity index is 912. The van der Waals surface area contributed by atoms with E-state index in [0.29, 0.717) is 31.1 Å². The lowest BCUT2D eigenvalue weighted by molar-refractivity contribution is 0.0205. The highest BCUT2D eigenvalue weighted by molar-refractivity contribution is 5.68. The van der Waals surface area contributed by atoms with Crippen LogP contribution >= 0.6 is 0 Å². The second kappa shape index (κ2) is 7.60. The Labute approximate surface area is 166 Å². The zero-order chi connectivity index (χ0) is 20.6. The summed E-state index contributed by atoms with van der Waals surface area (Å²) in [5.41, 5.74) is 1.31. The quantitative estimate of drug-likeness (QED) is 0.803. The van der Waals surface area contributed by atoms with Gasteiger partial charge >= 0.3 is 6.09 Å². The van der Waals surface area contributed by atoms with Gasteiger partial charge in [0.2, 0.25) is 0 Å². The second-order valence-electron chi connectivity index (χ2n) is 8.90. The van der Waals surface area contributed by atoms with Crippen molar-refractivity contribution in [2.75, 3.05) is 13.1 Å². The fraction of sp³-hybridized carbons (Fsp3) is 0.667. The average molecular weight is 389 g/mol. The second-order valence-corrected chi connectivity index (χ2v) is 8.90. The van der Waals surface area contributed by atoms with Gasteiger partial charge in [0.25, 0.3) is 5.56 Å². The van der Waals surface area contributed by atoms with Gasteiger partial charge in [-0.25, -0.2) is 9.48 Å². The van der Waals surface area contributed by atoms with Crippen molar-refractivity contribution in [2.24, 2.45) is 0 Å². The topological polar surface area (TPSA) is 68.8 Å². The van der Waals surface area contributed by atoms with Crippen LogP contribution in [0.1, 0.15) is 77.6 Å². The number of aryl methyl sites for hydroxylation is 1. The fourth-order valence-electron chi connectivity index (χ4n) is 3.74. The number of fused-ring (bicyclic) bond motifs is 1. The summed E-state index contributed by atoms with van der Waals surface area (Å²) in [6, 6.07) is 2.01. The minimum absolute atomic E-state index is 0.0515. The summed E-state index contributed by atoms with van der Waals surface area (Å²) in [6.45, 7) is 13.7. The Morgan fingerprint density at radius 2 is 1.93 bits per heavy atom. The molecule has 3 heterocycles. The summed E-state index contributed by atoms with van der Waals surface area (Å²) in [4.78, 5) is 26.8. The van der Waals surface area contributed by atoms with E-state index in [1.165, 1.54) is 0 Å². The number of carbonyl (C=O) groups excluding carboxylic acids is 1. The van der Waals surface area contributed by atoms with Crippen LogP contribution in [-0.2, 0) is 11.3 Å². The average Bonchev–Trinajstić information content (AvgIpc) is 3.06. The van der Waals surface area contributed by atoms with Gasteiger partial charge in [-0.3, -0.25) is 9.20 Å². The predicted octanol–water partition coefficient (Wildman–Crippen LogP) is 3.75. The van der Waals surface area contributed by atoms with Crippen LogP contribution in [-0.4, -0.2) is 43.9 Å². The minimum atomic E-state index is -0.479. The summed E-state index contributed by atoms with van der Waals surface area (Å²) in [5.74, 6) is 1.44. The van der Waals surface area contributed by atoms with Gasteiger partial charge in [-0.1, -0.05) is 13.8 Å². The number of ether oxygens (including phenoxy) is 1.